The van der Waals surface area contributed by atoms with E-state index in [1.54, 1.807) is 14.2 Å². The molecule has 0 amide bonds. The minimum atomic E-state index is 0.397. The van der Waals surface area contributed by atoms with Gasteiger partial charge in [0.1, 0.15) is 17.2 Å². The molecule has 2 aromatic rings. The van der Waals surface area contributed by atoms with Crippen LogP contribution in [0, 0.1) is 0 Å². The first-order valence-corrected chi connectivity index (χ1v) is 9.65. The second-order valence-corrected chi connectivity index (χ2v) is 6.77. The van der Waals surface area contributed by atoms with Crippen molar-refractivity contribution in [1.82, 2.24) is 0 Å². The van der Waals surface area contributed by atoms with Gasteiger partial charge in [-0.3, -0.25) is 0 Å². The van der Waals surface area contributed by atoms with Gasteiger partial charge >= 0.3 is 0 Å². The summed E-state index contributed by atoms with van der Waals surface area (Å²) in [5.41, 5.74) is 5.42. The van der Waals surface area contributed by atoms with Gasteiger partial charge in [0.2, 0.25) is 0 Å². The lowest BCUT2D eigenvalue weighted by molar-refractivity contribution is 0.385. The van der Waals surface area contributed by atoms with E-state index in [1.165, 1.54) is 11.1 Å². The minimum Gasteiger partial charge on any atom is -0.507 e. The lowest BCUT2D eigenvalue weighted by atomic mass is 9.94. The van der Waals surface area contributed by atoms with E-state index in [4.69, 9.17) is 9.47 Å². The molecule has 3 heteroatoms. The van der Waals surface area contributed by atoms with Crippen LogP contribution in [0.4, 0.5) is 0 Å². The second-order valence-electron chi connectivity index (χ2n) is 6.77. The standard InChI is InChI=1S/C23H32O3/c1-6-9-16-11-18(8-3)23(24)19(12-16)15-20-21(25-4)13-17(10-7-2)14-22(20)26-5/h11-14,24H,6-10,15H2,1-5H3. The largest absolute Gasteiger partial charge is 0.507 e. The maximum absolute atomic E-state index is 10.7. The molecular formula is C23H32O3. The Morgan fingerprint density at radius 3 is 1.73 bits per heavy atom. The molecule has 0 heterocycles. The molecule has 0 aliphatic carbocycles. The quantitative estimate of drug-likeness (QED) is 0.648. The van der Waals surface area contributed by atoms with Crippen molar-refractivity contribution >= 4 is 0 Å². The molecular weight excluding hydrogens is 324 g/mol. The second kappa shape index (κ2) is 9.51. The molecule has 0 fully saturated rings. The first kappa shape index (κ1) is 20.2. The first-order valence-electron chi connectivity index (χ1n) is 9.65. The first-order chi connectivity index (χ1) is 12.6. The smallest absolute Gasteiger partial charge is 0.126 e. The molecule has 0 radical (unpaired) electrons. The third kappa shape index (κ3) is 4.51. The molecule has 0 unspecified atom stereocenters. The molecule has 0 saturated heterocycles. The van der Waals surface area contributed by atoms with E-state index in [0.717, 1.165) is 60.3 Å². The number of hydrogen-bond acceptors (Lipinski definition) is 3. The Bertz CT molecular complexity index is 709. The van der Waals surface area contributed by atoms with E-state index in [0.29, 0.717) is 12.2 Å². The minimum absolute atomic E-state index is 0.397. The average Bonchev–Trinajstić information content (AvgIpc) is 2.65. The van der Waals surface area contributed by atoms with Crippen molar-refractivity contribution in [2.75, 3.05) is 14.2 Å². The summed E-state index contributed by atoms with van der Waals surface area (Å²) in [5.74, 6) is 2.05. The third-order valence-corrected chi connectivity index (χ3v) is 4.82. The summed E-state index contributed by atoms with van der Waals surface area (Å²) < 4.78 is 11.3. The van der Waals surface area contributed by atoms with Gasteiger partial charge in [-0.2, -0.15) is 0 Å². The molecule has 0 atom stereocenters. The Hall–Kier alpha value is -2.16. The van der Waals surface area contributed by atoms with Crippen molar-refractivity contribution in [3.63, 3.8) is 0 Å². The van der Waals surface area contributed by atoms with Gasteiger partial charge in [-0.1, -0.05) is 45.7 Å². The number of ether oxygens (including phenoxy) is 2. The highest BCUT2D eigenvalue weighted by Gasteiger charge is 2.17. The number of rotatable bonds is 9. The van der Waals surface area contributed by atoms with Crippen LogP contribution in [0.1, 0.15) is 61.4 Å². The van der Waals surface area contributed by atoms with Gasteiger partial charge in [-0.25, -0.2) is 0 Å². The van der Waals surface area contributed by atoms with Crippen LogP contribution in [0.15, 0.2) is 24.3 Å². The van der Waals surface area contributed by atoms with Crippen LogP contribution >= 0.6 is 0 Å². The fourth-order valence-electron chi connectivity index (χ4n) is 3.51. The van der Waals surface area contributed by atoms with E-state index >= 15 is 0 Å². The molecule has 3 nitrogen and oxygen atoms in total. The van der Waals surface area contributed by atoms with Crippen molar-refractivity contribution < 1.29 is 14.6 Å². The van der Waals surface area contributed by atoms with Crippen LogP contribution in [-0.2, 0) is 25.7 Å². The Labute approximate surface area is 158 Å². The highest BCUT2D eigenvalue weighted by Crippen LogP contribution is 2.36. The highest BCUT2D eigenvalue weighted by atomic mass is 16.5. The number of methoxy groups -OCH3 is 2. The molecule has 2 rings (SSSR count). The molecule has 0 spiro atoms. The lowest BCUT2D eigenvalue weighted by Crippen LogP contribution is -2.02. The maximum Gasteiger partial charge on any atom is 0.126 e. The summed E-state index contributed by atoms with van der Waals surface area (Å²) >= 11 is 0. The molecule has 142 valence electrons. The number of phenolic OH excluding ortho intramolecular Hbond substituents is 1. The Morgan fingerprint density at radius 1 is 0.769 bits per heavy atom. The van der Waals surface area contributed by atoms with Crippen molar-refractivity contribution in [1.29, 1.82) is 0 Å². The summed E-state index contributed by atoms with van der Waals surface area (Å²) in [7, 11) is 3.39. The number of hydrogen-bond donors (Lipinski definition) is 1. The fourth-order valence-corrected chi connectivity index (χ4v) is 3.51. The molecule has 1 N–H and O–H groups in total. The van der Waals surface area contributed by atoms with Crippen LogP contribution < -0.4 is 9.47 Å². The number of aryl methyl sites for hydroxylation is 3. The summed E-state index contributed by atoms with van der Waals surface area (Å²) in [6.07, 6.45) is 5.58. The SMILES string of the molecule is CCCc1cc(CC)c(O)c(Cc2c(OC)cc(CCC)cc2OC)c1. The fraction of sp³-hybridized carbons (Fsp3) is 0.478. The monoisotopic (exact) mass is 356 g/mol. The number of benzene rings is 2. The molecule has 0 aromatic heterocycles. The topological polar surface area (TPSA) is 38.7 Å². The Kier molecular flexibility index (Phi) is 7.38. The number of aromatic hydroxyl groups is 1. The highest BCUT2D eigenvalue weighted by molar-refractivity contribution is 5.53. The molecule has 0 aliphatic heterocycles. The average molecular weight is 357 g/mol. The predicted octanol–water partition coefficient (Wildman–Crippen LogP) is 5.47. The summed E-state index contributed by atoms with van der Waals surface area (Å²) in [6.45, 7) is 6.42. The van der Waals surface area contributed by atoms with Crippen LogP contribution in [0.3, 0.4) is 0 Å². The third-order valence-electron chi connectivity index (χ3n) is 4.82. The molecule has 2 aromatic carbocycles. The van der Waals surface area contributed by atoms with Gasteiger partial charge in [0, 0.05) is 12.0 Å². The Morgan fingerprint density at radius 2 is 1.27 bits per heavy atom. The zero-order valence-electron chi connectivity index (χ0n) is 16.8. The van der Waals surface area contributed by atoms with Crippen LogP contribution in [0.2, 0.25) is 0 Å². The van der Waals surface area contributed by atoms with E-state index in [1.807, 2.05) is 0 Å². The van der Waals surface area contributed by atoms with Crippen molar-refractivity contribution in [3.8, 4) is 17.2 Å². The van der Waals surface area contributed by atoms with Crippen LogP contribution in [0.5, 0.6) is 17.2 Å². The molecule has 26 heavy (non-hydrogen) atoms. The zero-order chi connectivity index (χ0) is 19.1. The molecule has 0 bridgehead atoms. The maximum atomic E-state index is 10.7. The summed E-state index contributed by atoms with van der Waals surface area (Å²) in [6, 6.07) is 8.43. The van der Waals surface area contributed by atoms with E-state index < -0.39 is 0 Å². The van der Waals surface area contributed by atoms with E-state index in [-0.39, 0.29) is 0 Å². The van der Waals surface area contributed by atoms with Crippen LogP contribution in [0.25, 0.3) is 0 Å². The van der Waals surface area contributed by atoms with E-state index in [2.05, 4.69) is 45.0 Å². The predicted molar refractivity (Wildman–Crippen MR) is 108 cm³/mol. The van der Waals surface area contributed by atoms with Crippen molar-refractivity contribution in [2.24, 2.45) is 0 Å². The zero-order valence-corrected chi connectivity index (χ0v) is 16.8. The van der Waals surface area contributed by atoms with E-state index in [9.17, 15) is 5.11 Å². The van der Waals surface area contributed by atoms with Gasteiger partial charge in [0.15, 0.2) is 0 Å². The normalized spacial score (nSPS) is 10.8. The van der Waals surface area contributed by atoms with Crippen molar-refractivity contribution in [2.45, 2.75) is 59.3 Å². The molecule has 0 saturated carbocycles. The van der Waals surface area contributed by atoms with Gasteiger partial charge in [0.05, 0.1) is 14.2 Å². The van der Waals surface area contributed by atoms with Crippen LogP contribution in [-0.4, -0.2) is 19.3 Å². The lowest BCUT2D eigenvalue weighted by Gasteiger charge is -2.17. The van der Waals surface area contributed by atoms with Crippen molar-refractivity contribution in [3.05, 3.63) is 52.1 Å². The van der Waals surface area contributed by atoms with Gasteiger partial charge in [-0.05, 0) is 53.6 Å². The summed E-state index contributed by atoms with van der Waals surface area (Å²) in [4.78, 5) is 0. The Balaban J connectivity index is 2.51. The molecule has 0 aliphatic rings. The van der Waals surface area contributed by atoms with Gasteiger partial charge in [0.25, 0.3) is 0 Å². The van der Waals surface area contributed by atoms with Gasteiger partial charge < -0.3 is 14.6 Å². The number of phenols is 1. The summed E-state index contributed by atoms with van der Waals surface area (Å²) in [5, 5.41) is 10.7. The van der Waals surface area contributed by atoms with Gasteiger partial charge in [-0.15, -0.1) is 0 Å².